The zero-order valence-corrected chi connectivity index (χ0v) is 14.9. The summed E-state index contributed by atoms with van der Waals surface area (Å²) in [7, 11) is 0. The van der Waals surface area contributed by atoms with Crippen molar-refractivity contribution in [2.45, 2.75) is 20.0 Å². The molecule has 0 saturated carbocycles. The van der Waals surface area contributed by atoms with Gasteiger partial charge in [0.05, 0.1) is 25.3 Å². The van der Waals surface area contributed by atoms with Crippen LogP contribution in [0.4, 0.5) is 5.69 Å². The van der Waals surface area contributed by atoms with Crippen molar-refractivity contribution < 1.29 is 14.6 Å². The smallest absolute Gasteiger partial charge is 0.338 e. The van der Waals surface area contributed by atoms with Crippen molar-refractivity contribution in [3.8, 4) is 11.5 Å². The number of aliphatic hydroxyl groups excluding tert-OH is 1. The highest BCUT2D eigenvalue weighted by Gasteiger charge is 2.14. The molecule has 3 aromatic rings. The molecule has 0 saturated heterocycles. The number of rotatable bonds is 8. The van der Waals surface area contributed by atoms with E-state index in [4.69, 9.17) is 4.74 Å². The van der Waals surface area contributed by atoms with Gasteiger partial charge in [-0.25, -0.2) is 14.8 Å². The van der Waals surface area contributed by atoms with Crippen LogP contribution in [0.1, 0.15) is 23.1 Å². The lowest BCUT2D eigenvalue weighted by molar-refractivity contribution is 0.0526. The Morgan fingerprint density at radius 1 is 1.30 bits per heavy atom. The number of benzene rings is 1. The lowest BCUT2D eigenvalue weighted by Crippen LogP contribution is -2.13. The number of carbonyl (C=O) groups is 1. The number of nitrogens with one attached hydrogen (secondary N) is 1. The molecule has 0 aliphatic heterocycles. The minimum Gasteiger partial charge on any atom is -0.462 e. The number of aliphatic hydroxyl groups is 1. The summed E-state index contributed by atoms with van der Waals surface area (Å²) in [5, 5.41) is 21.0. The molecule has 2 heterocycles. The molecule has 9 heteroatoms. The summed E-state index contributed by atoms with van der Waals surface area (Å²) in [6.07, 6.45) is 3.06. The van der Waals surface area contributed by atoms with Crippen molar-refractivity contribution in [3.05, 3.63) is 54.2 Å². The monoisotopic (exact) mass is 368 g/mol. The van der Waals surface area contributed by atoms with Gasteiger partial charge in [-0.3, -0.25) is 0 Å². The van der Waals surface area contributed by atoms with Gasteiger partial charge in [0, 0.05) is 18.4 Å². The molecule has 9 nitrogen and oxygen atoms in total. The van der Waals surface area contributed by atoms with Gasteiger partial charge in [0.1, 0.15) is 12.0 Å². The number of hydrogen-bond acceptors (Lipinski definition) is 8. The number of carbonyl (C=O) groups excluding carboxylic acids is 1. The van der Waals surface area contributed by atoms with Crippen molar-refractivity contribution >= 4 is 11.7 Å². The van der Waals surface area contributed by atoms with E-state index >= 15 is 0 Å². The van der Waals surface area contributed by atoms with Crippen molar-refractivity contribution in [1.82, 2.24) is 24.7 Å². The highest BCUT2D eigenvalue weighted by molar-refractivity contribution is 5.90. The Bertz CT molecular complexity index is 897. The van der Waals surface area contributed by atoms with E-state index in [1.165, 1.54) is 6.33 Å². The summed E-state index contributed by atoms with van der Waals surface area (Å²) in [6, 6.07) is 8.78. The first kappa shape index (κ1) is 18.5. The van der Waals surface area contributed by atoms with Crippen LogP contribution in [-0.4, -0.2) is 49.0 Å². The second-order valence-electron chi connectivity index (χ2n) is 5.56. The van der Waals surface area contributed by atoms with E-state index in [1.807, 2.05) is 6.07 Å². The molecule has 3 rings (SSSR count). The second kappa shape index (κ2) is 8.86. The number of hydrogen-bond donors (Lipinski definition) is 2. The van der Waals surface area contributed by atoms with Gasteiger partial charge < -0.3 is 19.7 Å². The molecule has 2 N–H and O–H groups in total. The Labute approximate surface area is 156 Å². The Kier molecular flexibility index (Phi) is 6.06. The van der Waals surface area contributed by atoms with Gasteiger partial charge in [0.25, 0.3) is 0 Å². The normalized spacial score (nSPS) is 10.6. The van der Waals surface area contributed by atoms with Crippen LogP contribution >= 0.6 is 0 Å². The van der Waals surface area contributed by atoms with Gasteiger partial charge in [-0.15, -0.1) is 10.2 Å². The number of esters is 1. The fraction of sp³-hybridized carbons (Fsp3) is 0.278. The Morgan fingerprint density at radius 2 is 2.19 bits per heavy atom. The SMILES string of the molecule is CCOC(=O)c1cccc(NCc2nnc(-c3ccncn3)n2CCO)c1. The van der Waals surface area contributed by atoms with E-state index in [-0.39, 0.29) is 12.6 Å². The Balaban J connectivity index is 1.78. The molecule has 0 fully saturated rings. The fourth-order valence-electron chi connectivity index (χ4n) is 2.57. The van der Waals surface area contributed by atoms with Crippen molar-refractivity contribution in [3.63, 3.8) is 0 Å². The maximum Gasteiger partial charge on any atom is 0.338 e. The molecule has 0 atom stereocenters. The first-order chi connectivity index (χ1) is 13.2. The maximum atomic E-state index is 11.9. The minimum absolute atomic E-state index is 0.0541. The maximum absolute atomic E-state index is 11.9. The standard InChI is InChI=1S/C18H20N6O3/c1-2-27-18(26)13-4-3-5-14(10-13)20-11-16-22-23-17(24(16)8-9-25)15-6-7-19-12-21-15/h3-7,10,12,20,25H,2,8-9,11H2,1H3. The van der Waals surface area contributed by atoms with E-state index in [2.05, 4.69) is 25.5 Å². The van der Waals surface area contributed by atoms with Crippen LogP contribution in [0.5, 0.6) is 0 Å². The van der Waals surface area contributed by atoms with E-state index < -0.39 is 0 Å². The largest absolute Gasteiger partial charge is 0.462 e. The third kappa shape index (κ3) is 4.45. The summed E-state index contributed by atoms with van der Waals surface area (Å²) in [4.78, 5) is 19.9. The van der Waals surface area contributed by atoms with Crippen LogP contribution in [0.25, 0.3) is 11.5 Å². The van der Waals surface area contributed by atoms with Crippen LogP contribution in [0.2, 0.25) is 0 Å². The second-order valence-corrected chi connectivity index (χ2v) is 5.56. The molecule has 0 aliphatic rings. The van der Waals surface area contributed by atoms with Crippen molar-refractivity contribution in [1.29, 1.82) is 0 Å². The van der Waals surface area contributed by atoms with Gasteiger partial charge in [-0.05, 0) is 31.2 Å². The topological polar surface area (TPSA) is 115 Å². The van der Waals surface area contributed by atoms with E-state index in [0.29, 0.717) is 42.6 Å². The van der Waals surface area contributed by atoms with Crippen LogP contribution in [0, 0.1) is 0 Å². The zero-order chi connectivity index (χ0) is 19.1. The summed E-state index contributed by atoms with van der Waals surface area (Å²) in [6.45, 7) is 2.74. The molecule has 1 aromatic carbocycles. The zero-order valence-electron chi connectivity index (χ0n) is 14.9. The predicted molar refractivity (Wildman–Crippen MR) is 97.9 cm³/mol. The van der Waals surface area contributed by atoms with Crippen molar-refractivity contribution in [2.24, 2.45) is 0 Å². The summed E-state index contributed by atoms with van der Waals surface area (Å²) in [5.41, 5.74) is 1.85. The number of aromatic nitrogens is 5. The van der Waals surface area contributed by atoms with Crippen LogP contribution in [0.15, 0.2) is 42.9 Å². The summed E-state index contributed by atoms with van der Waals surface area (Å²) in [5.74, 6) is 0.832. The molecule has 0 amide bonds. The summed E-state index contributed by atoms with van der Waals surface area (Å²) < 4.78 is 6.81. The van der Waals surface area contributed by atoms with Gasteiger partial charge in [-0.2, -0.15) is 0 Å². The number of anilines is 1. The van der Waals surface area contributed by atoms with E-state index in [0.717, 1.165) is 5.69 Å². The van der Waals surface area contributed by atoms with Crippen LogP contribution in [-0.2, 0) is 17.8 Å². The van der Waals surface area contributed by atoms with Crippen LogP contribution in [0.3, 0.4) is 0 Å². The highest BCUT2D eigenvalue weighted by Crippen LogP contribution is 2.17. The predicted octanol–water partition coefficient (Wildman–Crippen LogP) is 1.52. The molecule has 0 aliphatic carbocycles. The molecule has 0 radical (unpaired) electrons. The first-order valence-corrected chi connectivity index (χ1v) is 8.53. The average Bonchev–Trinajstić information content (AvgIpc) is 3.10. The fourth-order valence-corrected chi connectivity index (χ4v) is 2.57. The highest BCUT2D eigenvalue weighted by atomic mass is 16.5. The lowest BCUT2D eigenvalue weighted by atomic mass is 10.2. The van der Waals surface area contributed by atoms with Gasteiger partial charge in [0.15, 0.2) is 11.6 Å². The Morgan fingerprint density at radius 3 is 2.93 bits per heavy atom. The first-order valence-electron chi connectivity index (χ1n) is 8.53. The van der Waals surface area contributed by atoms with Gasteiger partial charge in [0.2, 0.25) is 0 Å². The number of nitrogens with zero attached hydrogens (tertiary/aromatic N) is 5. The van der Waals surface area contributed by atoms with Gasteiger partial charge in [-0.1, -0.05) is 6.07 Å². The van der Waals surface area contributed by atoms with E-state index in [1.54, 1.807) is 42.0 Å². The molecular weight excluding hydrogens is 348 g/mol. The molecular formula is C18H20N6O3. The summed E-state index contributed by atoms with van der Waals surface area (Å²) >= 11 is 0. The minimum atomic E-state index is -0.365. The molecule has 0 unspecified atom stereocenters. The molecule has 0 spiro atoms. The van der Waals surface area contributed by atoms with E-state index in [9.17, 15) is 9.90 Å². The van der Waals surface area contributed by atoms with Gasteiger partial charge >= 0.3 is 5.97 Å². The number of ether oxygens (including phenoxy) is 1. The Hall–Kier alpha value is -3.33. The molecule has 2 aromatic heterocycles. The lowest BCUT2D eigenvalue weighted by Gasteiger charge is -2.10. The third-order valence-electron chi connectivity index (χ3n) is 3.79. The quantitative estimate of drug-likeness (QED) is 0.575. The molecule has 0 bridgehead atoms. The molecule has 140 valence electrons. The third-order valence-corrected chi connectivity index (χ3v) is 3.79. The van der Waals surface area contributed by atoms with Crippen LogP contribution < -0.4 is 5.32 Å². The molecule has 27 heavy (non-hydrogen) atoms. The average molecular weight is 368 g/mol. The van der Waals surface area contributed by atoms with Crippen molar-refractivity contribution in [2.75, 3.05) is 18.5 Å².